The Bertz CT molecular complexity index is 949. The normalized spacial score (nSPS) is 13.5. The molecule has 0 radical (unpaired) electrons. The van der Waals surface area contributed by atoms with E-state index in [0.717, 1.165) is 13.0 Å². The van der Waals surface area contributed by atoms with E-state index in [1.807, 2.05) is 19.0 Å². The first kappa shape index (κ1) is 20.3. The predicted octanol–water partition coefficient (Wildman–Crippen LogP) is 2.69. The number of benzene rings is 1. The average molecular weight is 402 g/mol. The van der Waals surface area contributed by atoms with Crippen LogP contribution in [0.4, 0.5) is 0 Å². The van der Waals surface area contributed by atoms with Crippen molar-refractivity contribution in [2.75, 3.05) is 27.2 Å². The van der Waals surface area contributed by atoms with Crippen LogP contribution in [0.2, 0.25) is 5.02 Å². The summed E-state index contributed by atoms with van der Waals surface area (Å²) in [5, 5.41) is 3.35. The minimum absolute atomic E-state index is 0.00574. The highest BCUT2D eigenvalue weighted by atomic mass is 35.5. The molecule has 1 aliphatic carbocycles. The largest absolute Gasteiger partial charge is 0.352 e. The summed E-state index contributed by atoms with van der Waals surface area (Å²) in [6.07, 6.45) is 2.50. The number of carbonyl (C=O) groups excluding carboxylic acids is 2. The average Bonchev–Trinajstić information content (AvgIpc) is 2.66. The Morgan fingerprint density at radius 1 is 1.18 bits per heavy atom. The molecule has 7 heteroatoms. The van der Waals surface area contributed by atoms with Crippen molar-refractivity contribution in [3.05, 3.63) is 62.5 Å². The van der Waals surface area contributed by atoms with E-state index >= 15 is 0 Å². The third-order valence-corrected chi connectivity index (χ3v) is 5.07. The van der Waals surface area contributed by atoms with Gasteiger partial charge in [0.1, 0.15) is 5.56 Å². The lowest BCUT2D eigenvalue weighted by Crippen LogP contribution is -2.36. The van der Waals surface area contributed by atoms with Crippen LogP contribution in [0, 0.1) is 0 Å². The first-order chi connectivity index (χ1) is 13.4. The van der Waals surface area contributed by atoms with Gasteiger partial charge in [-0.25, -0.2) is 0 Å². The molecule has 0 saturated heterocycles. The Hall–Kier alpha value is -2.44. The molecule has 0 aliphatic heterocycles. The summed E-state index contributed by atoms with van der Waals surface area (Å²) in [5.41, 5.74) is 1.30. The van der Waals surface area contributed by atoms with Gasteiger partial charge in [0.15, 0.2) is 5.78 Å². The van der Waals surface area contributed by atoms with Gasteiger partial charge in [0.2, 0.25) is 0 Å². The second-order valence-electron chi connectivity index (χ2n) is 7.22. The van der Waals surface area contributed by atoms with Gasteiger partial charge >= 0.3 is 0 Å². The molecule has 1 N–H and O–H groups in total. The fraction of sp³-hybridized carbons (Fsp3) is 0.381. The van der Waals surface area contributed by atoms with Crippen molar-refractivity contribution in [1.82, 2.24) is 14.8 Å². The third-order valence-electron chi connectivity index (χ3n) is 4.82. The molecule has 0 atom stereocenters. The van der Waals surface area contributed by atoms with Crippen LogP contribution in [0.3, 0.4) is 0 Å². The number of nitrogens with zero attached hydrogens (tertiary/aromatic N) is 2. The van der Waals surface area contributed by atoms with Crippen LogP contribution in [0.1, 0.15) is 45.7 Å². The van der Waals surface area contributed by atoms with Gasteiger partial charge in [-0.2, -0.15) is 0 Å². The van der Waals surface area contributed by atoms with Crippen molar-refractivity contribution < 1.29 is 9.59 Å². The van der Waals surface area contributed by atoms with Gasteiger partial charge in [0.05, 0.1) is 0 Å². The number of amides is 1. The van der Waals surface area contributed by atoms with E-state index in [2.05, 4.69) is 5.32 Å². The van der Waals surface area contributed by atoms with E-state index in [1.54, 1.807) is 24.3 Å². The second kappa shape index (κ2) is 8.71. The van der Waals surface area contributed by atoms with Crippen LogP contribution in [0.5, 0.6) is 0 Å². The lowest BCUT2D eigenvalue weighted by atomic mass is 9.92. The van der Waals surface area contributed by atoms with Crippen molar-refractivity contribution in [3.63, 3.8) is 0 Å². The molecule has 0 saturated carbocycles. The number of carbonyl (C=O) groups is 2. The summed E-state index contributed by atoms with van der Waals surface area (Å²) < 4.78 is 1.48. The van der Waals surface area contributed by atoms with E-state index in [1.165, 1.54) is 10.6 Å². The van der Waals surface area contributed by atoms with Gasteiger partial charge < -0.3 is 10.2 Å². The molecule has 0 spiro atoms. The molecule has 0 unspecified atom stereocenters. The lowest BCUT2D eigenvalue weighted by molar-refractivity contribution is 0.0950. The van der Waals surface area contributed by atoms with Crippen LogP contribution in [0.25, 0.3) is 5.69 Å². The van der Waals surface area contributed by atoms with E-state index in [-0.39, 0.29) is 11.3 Å². The number of ketones is 1. The molecule has 2 aromatic rings. The van der Waals surface area contributed by atoms with E-state index in [4.69, 9.17) is 11.6 Å². The van der Waals surface area contributed by atoms with E-state index in [9.17, 15) is 14.4 Å². The lowest BCUT2D eigenvalue weighted by Gasteiger charge is -2.21. The van der Waals surface area contributed by atoms with Gasteiger partial charge in [-0.3, -0.25) is 19.0 Å². The van der Waals surface area contributed by atoms with Gasteiger partial charge in [-0.15, -0.1) is 0 Å². The molecular formula is C21H24ClN3O3. The highest BCUT2D eigenvalue weighted by Gasteiger charge is 2.26. The number of Topliss-reactive ketones (excluding diaryl/α,β-unsaturated/α-hetero) is 1. The fourth-order valence-corrected chi connectivity index (χ4v) is 3.54. The highest BCUT2D eigenvalue weighted by Crippen LogP contribution is 2.24. The quantitative estimate of drug-likeness (QED) is 0.755. The second-order valence-corrected chi connectivity index (χ2v) is 7.66. The van der Waals surface area contributed by atoms with Crippen LogP contribution in [-0.4, -0.2) is 48.3 Å². The molecule has 1 amide bonds. The van der Waals surface area contributed by atoms with E-state index in [0.29, 0.717) is 47.8 Å². The highest BCUT2D eigenvalue weighted by molar-refractivity contribution is 6.30. The first-order valence-corrected chi connectivity index (χ1v) is 9.77. The zero-order valence-corrected chi connectivity index (χ0v) is 16.9. The zero-order valence-electron chi connectivity index (χ0n) is 16.1. The maximum Gasteiger partial charge on any atom is 0.268 e. The molecule has 28 heavy (non-hydrogen) atoms. The monoisotopic (exact) mass is 401 g/mol. The number of pyridine rings is 1. The number of halogens is 1. The Morgan fingerprint density at radius 2 is 1.89 bits per heavy atom. The van der Waals surface area contributed by atoms with E-state index < -0.39 is 11.5 Å². The van der Waals surface area contributed by atoms with Gasteiger partial charge in [0.25, 0.3) is 11.5 Å². The van der Waals surface area contributed by atoms with Crippen LogP contribution in [-0.2, 0) is 6.42 Å². The summed E-state index contributed by atoms with van der Waals surface area (Å²) in [4.78, 5) is 40.3. The summed E-state index contributed by atoms with van der Waals surface area (Å²) in [5.74, 6) is -0.488. The summed E-state index contributed by atoms with van der Waals surface area (Å²) in [7, 11) is 3.92. The number of hydrogen-bond acceptors (Lipinski definition) is 4. The summed E-state index contributed by atoms with van der Waals surface area (Å²) in [6.45, 7) is 1.29. The minimum Gasteiger partial charge on any atom is -0.352 e. The number of aromatic nitrogens is 1. The third kappa shape index (κ3) is 4.34. The summed E-state index contributed by atoms with van der Waals surface area (Å²) >= 11 is 5.97. The van der Waals surface area contributed by atoms with Crippen LogP contribution < -0.4 is 10.9 Å². The molecule has 0 fully saturated rings. The SMILES string of the molecule is CN(C)CCCNC(=O)c1cc2c(n(-c3ccc(Cl)cc3)c1=O)CCCC2=O. The number of fused-ring (bicyclic) bond motifs is 1. The van der Waals surface area contributed by atoms with Crippen LogP contribution >= 0.6 is 11.6 Å². The fourth-order valence-electron chi connectivity index (χ4n) is 3.41. The van der Waals surface area contributed by atoms with Crippen molar-refractivity contribution in [1.29, 1.82) is 0 Å². The van der Waals surface area contributed by atoms with Crippen molar-refractivity contribution >= 4 is 23.3 Å². The first-order valence-electron chi connectivity index (χ1n) is 9.39. The molecule has 1 aliphatic rings. The van der Waals surface area contributed by atoms with Gasteiger partial charge in [-0.1, -0.05) is 11.6 Å². The maximum atomic E-state index is 13.2. The topological polar surface area (TPSA) is 71.4 Å². The Labute approximate surface area is 169 Å². The molecule has 0 bridgehead atoms. The number of nitrogens with one attached hydrogen (secondary N) is 1. The minimum atomic E-state index is -0.451. The smallest absolute Gasteiger partial charge is 0.268 e. The van der Waals surface area contributed by atoms with Crippen molar-refractivity contribution in [3.8, 4) is 5.69 Å². The Kier molecular flexibility index (Phi) is 6.31. The molecular weight excluding hydrogens is 378 g/mol. The number of hydrogen-bond donors (Lipinski definition) is 1. The van der Waals surface area contributed by atoms with Gasteiger partial charge in [0, 0.05) is 34.9 Å². The Morgan fingerprint density at radius 3 is 2.57 bits per heavy atom. The molecule has 1 aromatic heterocycles. The van der Waals surface area contributed by atoms with Crippen molar-refractivity contribution in [2.24, 2.45) is 0 Å². The van der Waals surface area contributed by atoms with Crippen LogP contribution in [0.15, 0.2) is 35.1 Å². The standard InChI is InChI=1S/C21H24ClN3O3/c1-24(2)12-4-11-23-20(27)17-13-16-18(5-3-6-19(16)26)25(21(17)28)15-9-7-14(22)8-10-15/h7-10,13H,3-6,11-12H2,1-2H3,(H,23,27). The Balaban J connectivity index is 2.02. The molecule has 148 valence electrons. The zero-order chi connectivity index (χ0) is 20.3. The van der Waals surface area contributed by atoms with Crippen molar-refractivity contribution in [2.45, 2.75) is 25.7 Å². The number of rotatable bonds is 6. The van der Waals surface area contributed by atoms with Gasteiger partial charge in [-0.05, 0) is 70.2 Å². The molecule has 3 rings (SSSR count). The maximum absolute atomic E-state index is 13.2. The predicted molar refractivity (Wildman–Crippen MR) is 110 cm³/mol. The molecule has 6 nitrogen and oxygen atoms in total. The molecule has 1 aromatic carbocycles. The summed E-state index contributed by atoms with van der Waals surface area (Å²) in [6, 6.07) is 8.29. The molecule has 1 heterocycles.